The Morgan fingerprint density at radius 1 is 1.29 bits per heavy atom. The third-order valence-electron chi connectivity index (χ3n) is 3.36. The Labute approximate surface area is 125 Å². The fraction of sp³-hybridized carbons (Fsp3) is 0.375. The van der Waals surface area contributed by atoms with Crippen LogP contribution >= 0.6 is 0 Å². The van der Waals surface area contributed by atoms with E-state index in [1.54, 1.807) is 0 Å². The average molecular weight is 286 g/mol. The van der Waals surface area contributed by atoms with Gasteiger partial charge in [-0.05, 0) is 38.4 Å². The number of primary amides is 1. The minimum Gasteiger partial charge on any atom is -0.370 e. The number of aryl methyl sites for hydroxylation is 1. The SMILES string of the molecule is Cc1ncc(CNCCCCC(N)=O)n1-c1ccccc1. The summed E-state index contributed by atoms with van der Waals surface area (Å²) in [5.41, 5.74) is 7.37. The first kappa shape index (κ1) is 15.3. The molecule has 0 spiro atoms. The van der Waals surface area contributed by atoms with Crippen molar-refractivity contribution < 1.29 is 4.79 Å². The summed E-state index contributed by atoms with van der Waals surface area (Å²) in [7, 11) is 0. The van der Waals surface area contributed by atoms with Crippen LogP contribution in [-0.4, -0.2) is 22.0 Å². The van der Waals surface area contributed by atoms with Crippen molar-refractivity contribution in [3.05, 3.63) is 48.0 Å². The number of nitrogens with one attached hydrogen (secondary N) is 1. The zero-order chi connectivity index (χ0) is 15.1. The zero-order valence-electron chi connectivity index (χ0n) is 12.4. The molecule has 5 heteroatoms. The molecule has 2 rings (SSSR count). The van der Waals surface area contributed by atoms with E-state index in [-0.39, 0.29) is 5.91 Å². The maximum Gasteiger partial charge on any atom is 0.217 e. The number of carbonyl (C=O) groups is 1. The van der Waals surface area contributed by atoms with Gasteiger partial charge in [-0.1, -0.05) is 18.2 Å². The van der Waals surface area contributed by atoms with Gasteiger partial charge in [-0.2, -0.15) is 0 Å². The molecular formula is C16H22N4O. The normalized spacial score (nSPS) is 10.7. The standard InChI is InChI=1S/C16H22N4O/c1-13-19-12-15(11-18-10-6-5-9-16(17)21)20(13)14-7-3-2-4-8-14/h2-4,7-8,12,18H,5-6,9-11H2,1H3,(H2,17,21). The number of hydrogen-bond acceptors (Lipinski definition) is 3. The fourth-order valence-corrected chi connectivity index (χ4v) is 2.31. The molecule has 112 valence electrons. The lowest BCUT2D eigenvalue weighted by Gasteiger charge is -2.11. The first-order chi connectivity index (χ1) is 10.2. The fourth-order valence-electron chi connectivity index (χ4n) is 2.31. The lowest BCUT2D eigenvalue weighted by Crippen LogP contribution is -2.18. The summed E-state index contributed by atoms with van der Waals surface area (Å²) in [6.45, 7) is 3.63. The van der Waals surface area contributed by atoms with Gasteiger partial charge in [-0.25, -0.2) is 4.98 Å². The summed E-state index contributed by atoms with van der Waals surface area (Å²) in [5.74, 6) is 0.750. The summed E-state index contributed by atoms with van der Waals surface area (Å²) in [5, 5.41) is 3.39. The van der Waals surface area contributed by atoms with E-state index < -0.39 is 0 Å². The third-order valence-corrected chi connectivity index (χ3v) is 3.36. The quantitative estimate of drug-likeness (QED) is 0.728. The van der Waals surface area contributed by atoms with Gasteiger partial charge in [0.2, 0.25) is 5.91 Å². The molecule has 0 unspecified atom stereocenters. The highest BCUT2D eigenvalue weighted by atomic mass is 16.1. The molecule has 0 saturated carbocycles. The van der Waals surface area contributed by atoms with Crippen molar-refractivity contribution in [2.75, 3.05) is 6.54 Å². The number of hydrogen-bond donors (Lipinski definition) is 2. The van der Waals surface area contributed by atoms with Gasteiger partial charge in [0.05, 0.1) is 11.9 Å². The summed E-state index contributed by atoms with van der Waals surface area (Å²) in [6.07, 6.45) is 4.14. The molecule has 2 aromatic rings. The molecular weight excluding hydrogens is 264 g/mol. The lowest BCUT2D eigenvalue weighted by molar-refractivity contribution is -0.118. The predicted octanol–water partition coefficient (Wildman–Crippen LogP) is 1.93. The minimum absolute atomic E-state index is 0.229. The van der Waals surface area contributed by atoms with E-state index in [0.29, 0.717) is 6.42 Å². The van der Waals surface area contributed by atoms with E-state index in [9.17, 15) is 4.79 Å². The van der Waals surface area contributed by atoms with Crippen LogP contribution in [0.4, 0.5) is 0 Å². The van der Waals surface area contributed by atoms with Crippen LogP contribution in [0, 0.1) is 6.92 Å². The second-order valence-electron chi connectivity index (χ2n) is 5.07. The number of unbranched alkanes of at least 4 members (excludes halogenated alkanes) is 1. The molecule has 1 aromatic carbocycles. The number of carbonyl (C=O) groups excluding carboxylic acids is 1. The van der Waals surface area contributed by atoms with E-state index in [2.05, 4.69) is 27.0 Å². The van der Waals surface area contributed by atoms with Crippen LogP contribution in [0.5, 0.6) is 0 Å². The summed E-state index contributed by atoms with van der Waals surface area (Å²) < 4.78 is 2.15. The van der Waals surface area contributed by atoms with E-state index in [1.807, 2.05) is 31.3 Å². The van der Waals surface area contributed by atoms with Crippen molar-refractivity contribution in [2.45, 2.75) is 32.7 Å². The number of aromatic nitrogens is 2. The van der Waals surface area contributed by atoms with Crippen molar-refractivity contribution in [1.82, 2.24) is 14.9 Å². The zero-order valence-corrected chi connectivity index (χ0v) is 12.4. The Bertz CT molecular complexity index is 577. The highest BCUT2D eigenvalue weighted by Gasteiger charge is 2.07. The molecule has 21 heavy (non-hydrogen) atoms. The maximum atomic E-state index is 10.6. The minimum atomic E-state index is -0.229. The Morgan fingerprint density at radius 2 is 2.05 bits per heavy atom. The van der Waals surface area contributed by atoms with Crippen molar-refractivity contribution in [1.29, 1.82) is 0 Å². The van der Waals surface area contributed by atoms with E-state index >= 15 is 0 Å². The Morgan fingerprint density at radius 3 is 2.76 bits per heavy atom. The van der Waals surface area contributed by atoms with Crippen LogP contribution in [0.2, 0.25) is 0 Å². The first-order valence-corrected chi connectivity index (χ1v) is 7.26. The van der Waals surface area contributed by atoms with Gasteiger partial charge < -0.3 is 11.1 Å². The van der Waals surface area contributed by atoms with Gasteiger partial charge in [0.15, 0.2) is 0 Å². The number of nitrogens with two attached hydrogens (primary N) is 1. The molecule has 0 bridgehead atoms. The van der Waals surface area contributed by atoms with Gasteiger partial charge in [0.25, 0.3) is 0 Å². The van der Waals surface area contributed by atoms with Crippen LogP contribution < -0.4 is 11.1 Å². The number of rotatable bonds is 8. The van der Waals surface area contributed by atoms with Crippen LogP contribution in [-0.2, 0) is 11.3 Å². The van der Waals surface area contributed by atoms with Crippen LogP contribution in [0.25, 0.3) is 5.69 Å². The molecule has 3 N–H and O–H groups in total. The van der Waals surface area contributed by atoms with Crippen LogP contribution in [0.15, 0.2) is 36.5 Å². The largest absolute Gasteiger partial charge is 0.370 e. The molecule has 0 atom stereocenters. The molecule has 0 aliphatic carbocycles. The average Bonchev–Trinajstić information content (AvgIpc) is 2.84. The lowest BCUT2D eigenvalue weighted by atomic mass is 10.2. The number of imidazole rings is 1. The number of benzene rings is 1. The van der Waals surface area contributed by atoms with E-state index in [0.717, 1.165) is 43.1 Å². The van der Waals surface area contributed by atoms with Gasteiger partial charge in [-0.3, -0.25) is 9.36 Å². The number of nitrogens with zero attached hydrogens (tertiary/aromatic N) is 2. The second-order valence-corrected chi connectivity index (χ2v) is 5.07. The monoisotopic (exact) mass is 286 g/mol. The highest BCUT2D eigenvalue weighted by molar-refractivity contribution is 5.73. The second kappa shape index (κ2) is 7.59. The van der Waals surface area contributed by atoms with Gasteiger partial charge in [0.1, 0.15) is 5.82 Å². The molecule has 0 saturated heterocycles. The molecule has 0 aliphatic heterocycles. The smallest absolute Gasteiger partial charge is 0.217 e. The molecule has 5 nitrogen and oxygen atoms in total. The van der Waals surface area contributed by atoms with Crippen LogP contribution in [0.3, 0.4) is 0 Å². The van der Waals surface area contributed by atoms with Gasteiger partial charge in [0, 0.05) is 18.7 Å². The van der Waals surface area contributed by atoms with Crippen molar-refractivity contribution in [3.8, 4) is 5.69 Å². The Hall–Kier alpha value is -2.14. The molecule has 0 fully saturated rings. The van der Waals surface area contributed by atoms with Crippen molar-refractivity contribution in [3.63, 3.8) is 0 Å². The topological polar surface area (TPSA) is 72.9 Å². The molecule has 1 heterocycles. The van der Waals surface area contributed by atoms with Crippen molar-refractivity contribution >= 4 is 5.91 Å². The Balaban J connectivity index is 1.89. The van der Waals surface area contributed by atoms with Crippen LogP contribution in [0.1, 0.15) is 30.8 Å². The predicted molar refractivity (Wildman–Crippen MR) is 83.1 cm³/mol. The molecule has 1 amide bonds. The summed E-state index contributed by atoms with van der Waals surface area (Å²) in [4.78, 5) is 15.0. The molecule has 0 radical (unpaired) electrons. The molecule has 1 aromatic heterocycles. The number of amides is 1. The summed E-state index contributed by atoms with van der Waals surface area (Å²) >= 11 is 0. The van der Waals surface area contributed by atoms with E-state index in [4.69, 9.17) is 5.73 Å². The van der Waals surface area contributed by atoms with Gasteiger partial charge >= 0.3 is 0 Å². The Kier molecular flexibility index (Phi) is 5.51. The third kappa shape index (κ3) is 4.43. The van der Waals surface area contributed by atoms with Gasteiger partial charge in [-0.15, -0.1) is 0 Å². The first-order valence-electron chi connectivity index (χ1n) is 7.26. The summed E-state index contributed by atoms with van der Waals surface area (Å²) in [6, 6.07) is 10.2. The van der Waals surface area contributed by atoms with E-state index in [1.165, 1.54) is 0 Å². The highest BCUT2D eigenvalue weighted by Crippen LogP contribution is 2.14. The number of para-hydroxylation sites is 1. The van der Waals surface area contributed by atoms with Crippen molar-refractivity contribution in [2.24, 2.45) is 5.73 Å². The molecule has 0 aliphatic rings. The maximum absolute atomic E-state index is 10.6.